The van der Waals surface area contributed by atoms with Gasteiger partial charge >= 0.3 is 0 Å². The molecule has 1 aliphatic carbocycles. The SMILES string of the molecule is CN(C)c1cccc(-c2ocnc2CNC2CC2)c1. The van der Waals surface area contributed by atoms with Crippen molar-refractivity contribution in [2.75, 3.05) is 19.0 Å². The van der Waals surface area contributed by atoms with Gasteiger partial charge in [-0.25, -0.2) is 4.98 Å². The van der Waals surface area contributed by atoms with Crippen LogP contribution < -0.4 is 10.2 Å². The number of benzene rings is 1. The third-order valence-corrected chi connectivity index (χ3v) is 3.40. The molecule has 3 rings (SSSR count). The molecule has 0 amide bonds. The number of nitrogens with one attached hydrogen (secondary N) is 1. The van der Waals surface area contributed by atoms with Crippen molar-refractivity contribution in [3.63, 3.8) is 0 Å². The van der Waals surface area contributed by atoms with E-state index < -0.39 is 0 Å². The van der Waals surface area contributed by atoms with E-state index in [1.807, 2.05) is 20.2 Å². The molecule has 1 fully saturated rings. The molecular formula is C15H19N3O. The summed E-state index contributed by atoms with van der Waals surface area (Å²) in [6.45, 7) is 0.780. The zero-order valence-corrected chi connectivity index (χ0v) is 11.4. The van der Waals surface area contributed by atoms with E-state index in [2.05, 4.69) is 33.4 Å². The van der Waals surface area contributed by atoms with Crippen molar-refractivity contribution in [1.29, 1.82) is 0 Å². The number of hydrogen-bond donors (Lipinski definition) is 1. The van der Waals surface area contributed by atoms with Crippen LogP contribution in [0.3, 0.4) is 0 Å². The molecule has 0 unspecified atom stereocenters. The molecule has 4 nitrogen and oxygen atoms in total. The summed E-state index contributed by atoms with van der Waals surface area (Å²) in [7, 11) is 4.07. The molecule has 0 spiro atoms. The normalized spacial score (nSPS) is 14.6. The number of rotatable bonds is 5. The zero-order valence-electron chi connectivity index (χ0n) is 11.4. The van der Waals surface area contributed by atoms with Crippen LogP contribution in [0.4, 0.5) is 5.69 Å². The van der Waals surface area contributed by atoms with Crippen molar-refractivity contribution in [2.45, 2.75) is 25.4 Å². The van der Waals surface area contributed by atoms with Crippen LogP contribution in [0, 0.1) is 0 Å². The lowest BCUT2D eigenvalue weighted by Crippen LogP contribution is -2.16. The molecule has 100 valence electrons. The highest BCUT2D eigenvalue weighted by molar-refractivity contribution is 5.65. The van der Waals surface area contributed by atoms with Gasteiger partial charge in [-0.15, -0.1) is 0 Å². The summed E-state index contributed by atoms with van der Waals surface area (Å²) in [4.78, 5) is 6.41. The van der Waals surface area contributed by atoms with Gasteiger partial charge in [-0.1, -0.05) is 12.1 Å². The lowest BCUT2D eigenvalue weighted by atomic mass is 10.1. The van der Waals surface area contributed by atoms with Crippen molar-refractivity contribution in [1.82, 2.24) is 10.3 Å². The van der Waals surface area contributed by atoms with E-state index in [9.17, 15) is 0 Å². The fourth-order valence-electron chi connectivity index (χ4n) is 2.08. The van der Waals surface area contributed by atoms with Crippen molar-refractivity contribution in [2.24, 2.45) is 0 Å². The van der Waals surface area contributed by atoms with Crippen LogP contribution in [0.5, 0.6) is 0 Å². The van der Waals surface area contributed by atoms with Gasteiger partial charge in [0.15, 0.2) is 12.2 Å². The summed E-state index contributed by atoms with van der Waals surface area (Å²) in [5, 5.41) is 3.47. The summed E-state index contributed by atoms with van der Waals surface area (Å²) in [5.41, 5.74) is 3.23. The molecule has 4 heteroatoms. The van der Waals surface area contributed by atoms with E-state index in [1.54, 1.807) is 0 Å². The second-order valence-electron chi connectivity index (χ2n) is 5.23. The molecule has 0 bridgehead atoms. The van der Waals surface area contributed by atoms with E-state index >= 15 is 0 Å². The summed E-state index contributed by atoms with van der Waals surface area (Å²) < 4.78 is 5.57. The van der Waals surface area contributed by atoms with Gasteiger partial charge in [-0.3, -0.25) is 0 Å². The Morgan fingerprint density at radius 3 is 2.95 bits per heavy atom. The summed E-state index contributed by atoms with van der Waals surface area (Å²) in [5.74, 6) is 0.872. The first kappa shape index (κ1) is 12.2. The molecule has 1 aromatic heterocycles. The molecule has 0 saturated heterocycles. The lowest BCUT2D eigenvalue weighted by molar-refractivity contribution is 0.569. The molecule has 1 aliphatic rings. The number of oxazole rings is 1. The van der Waals surface area contributed by atoms with Gasteiger partial charge in [-0.05, 0) is 25.0 Å². The quantitative estimate of drug-likeness (QED) is 0.894. The summed E-state index contributed by atoms with van der Waals surface area (Å²) >= 11 is 0. The van der Waals surface area contributed by atoms with Gasteiger partial charge < -0.3 is 14.6 Å². The molecule has 19 heavy (non-hydrogen) atoms. The van der Waals surface area contributed by atoms with Crippen LogP contribution in [0.25, 0.3) is 11.3 Å². The molecule has 1 aromatic carbocycles. The molecule has 2 aromatic rings. The number of nitrogens with zero attached hydrogens (tertiary/aromatic N) is 2. The Hall–Kier alpha value is -1.81. The van der Waals surface area contributed by atoms with E-state index in [-0.39, 0.29) is 0 Å². The monoisotopic (exact) mass is 257 g/mol. The fourth-order valence-corrected chi connectivity index (χ4v) is 2.08. The minimum Gasteiger partial charge on any atom is -0.443 e. The predicted molar refractivity (Wildman–Crippen MR) is 76.1 cm³/mol. The van der Waals surface area contributed by atoms with Gasteiger partial charge in [0, 0.05) is 37.9 Å². The van der Waals surface area contributed by atoms with Crippen molar-refractivity contribution < 1.29 is 4.42 Å². The number of hydrogen-bond acceptors (Lipinski definition) is 4. The molecule has 0 radical (unpaired) electrons. The maximum atomic E-state index is 5.57. The Labute approximate surface area is 113 Å². The van der Waals surface area contributed by atoms with Crippen LogP contribution in [0.15, 0.2) is 35.1 Å². The maximum Gasteiger partial charge on any atom is 0.181 e. The molecule has 0 aliphatic heterocycles. The Morgan fingerprint density at radius 2 is 2.21 bits per heavy atom. The Morgan fingerprint density at radius 1 is 1.37 bits per heavy atom. The predicted octanol–water partition coefficient (Wildman–Crippen LogP) is 2.66. The highest BCUT2D eigenvalue weighted by Crippen LogP contribution is 2.27. The van der Waals surface area contributed by atoms with Crippen LogP contribution in [-0.2, 0) is 6.54 Å². The molecule has 0 atom stereocenters. The number of anilines is 1. The highest BCUT2D eigenvalue weighted by Gasteiger charge is 2.21. The van der Waals surface area contributed by atoms with Gasteiger partial charge in [0.2, 0.25) is 0 Å². The summed E-state index contributed by atoms with van der Waals surface area (Å²) in [6, 6.07) is 9.00. The topological polar surface area (TPSA) is 41.3 Å². The fraction of sp³-hybridized carbons (Fsp3) is 0.400. The van der Waals surface area contributed by atoms with Crippen LogP contribution in [0.2, 0.25) is 0 Å². The Balaban J connectivity index is 1.84. The third-order valence-electron chi connectivity index (χ3n) is 3.40. The Bertz CT molecular complexity index is 558. The van der Waals surface area contributed by atoms with Crippen molar-refractivity contribution in [3.8, 4) is 11.3 Å². The maximum absolute atomic E-state index is 5.57. The minimum absolute atomic E-state index is 0.678. The molecular weight excluding hydrogens is 238 g/mol. The molecule has 1 saturated carbocycles. The van der Waals surface area contributed by atoms with Crippen LogP contribution in [0.1, 0.15) is 18.5 Å². The van der Waals surface area contributed by atoms with Gasteiger partial charge in [0.25, 0.3) is 0 Å². The molecule has 1 N–H and O–H groups in total. The second kappa shape index (κ2) is 5.05. The first-order chi connectivity index (χ1) is 9.24. The van der Waals surface area contributed by atoms with Crippen molar-refractivity contribution >= 4 is 5.69 Å². The first-order valence-electron chi connectivity index (χ1n) is 6.67. The Kier molecular flexibility index (Phi) is 3.25. The van der Waals surface area contributed by atoms with Crippen LogP contribution in [-0.4, -0.2) is 25.1 Å². The minimum atomic E-state index is 0.678. The van der Waals surface area contributed by atoms with Crippen LogP contribution >= 0.6 is 0 Å². The average molecular weight is 257 g/mol. The standard InChI is InChI=1S/C15H19N3O/c1-18(2)13-5-3-4-11(8-13)15-14(17-10-19-15)9-16-12-6-7-12/h3-5,8,10,12,16H,6-7,9H2,1-2H3. The summed E-state index contributed by atoms with van der Waals surface area (Å²) in [6.07, 6.45) is 4.09. The second-order valence-corrected chi connectivity index (χ2v) is 5.23. The van der Waals surface area contributed by atoms with E-state index in [0.29, 0.717) is 6.04 Å². The van der Waals surface area contributed by atoms with Gasteiger partial charge in [0.05, 0.1) is 0 Å². The van der Waals surface area contributed by atoms with E-state index in [1.165, 1.54) is 19.2 Å². The largest absolute Gasteiger partial charge is 0.443 e. The third kappa shape index (κ3) is 2.79. The highest BCUT2D eigenvalue weighted by atomic mass is 16.3. The van der Waals surface area contributed by atoms with Gasteiger partial charge in [-0.2, -0.15) is 0 Å². The molecule has 1 heterocycles. The van der Waals surface area contributed by atoms with Gasteiger partial charge in [0.1, 0.15) is 5.69 Å². The van der Waals surface area contributed by atoms with E-state index in [0.717, 1.165) is 29.2 Å². The smallest absolute Gasteiger partial charge is 0.181 e. The average Bonchev–Trinajstić information content (AvgIpc) is 3.13. The first-order valence-corrected chi connectivity index (χ1v) is 6.67. The zero-order chi connectivity index (χ0) is 13.2. The number of aromatic nitrogens is 1. The van der Waals surface area contributed by atoms with Crippen molar-refractivity contribution in [3.05, 3.63) is 36.4 Å². The van der Waals surface area contributed by atoms with E-state index in [4.69, 9.17) is 4.42 Å². The lowest BCUT2D eigenvalue weighted by Gasteiger charge is -2.13.